The Morgan fingerprint density at radius 1 is 0.923 bits per heavy atom. The summed E-state index contributed by atoms with van der Waals surface area (Å²) < 4.78 is 52.3. The second-order valence-electron chi connectivity index (χ2n) is 6.24. The molecule has 4 nitrogen and oxygen atoms in total. The number of sulfone groups is 1. The molecule has 2 rings (SSSR count). The van der Waals surface area contributed by atoms with Crippen LogP contribution in [0.4, 0.5) is 8.78 Å². The standard InChI is InChI=1S/C19H21F2NO3S/c1-22(2)18(23)4-3-13-26(24,25)19(14-5-9-16(20)10-6-14)15-7-11-17(21)12-8-15/h5-12,19H,3-4,13H2,1-2H3. The van der Waals surface area contributed by atoms with E-state index >= 15 is 0 Å². The summed E-state index contributed by atoms with van der Waals surface area (Å²) in [5, 5.41) is -1.04. The lowest BCUT2D eigenvalue weighted by molar-refractivity contribution is -0.128. The van der Waals surface area contributed by atoms with Gasteiger partial charge in [-0.25, -0.2) is 17.2 Å². The van der Waals surface area contributed by atoms with E-state index in [1.165, 1.54) is 53.4 Å². The van der Waals surface area contributed by atoms with Crippen LogP contribution in [0.25, 0.3) is 0 Å². The molecule has 0 aromatic heterocycles. The highest BCUT2D eigenvalue weighted by Crippen LogP contribution is 2.31. The maximum absolute atomic E-state index is 13.2. The molecule has 7 heteroatoms. The Morgan fingerprint density at radius 2 is 1.35 bits per heavy atom. The Morgan fingerprint density at radius 3 is 1.73 bits per heavy atom. The van der Waals surface area contributed by atoms with Crippen molar-refractivity contribution in [1.29, 1.82) is 0 Å². The van der Waals surface area contributed by atoms with Gasteiger partial charge in [0, 0.05) is 20.5 Å². The van der Waals surface area contributed by atoms with Gasteiger partial charge in [-0.1, -0.05) is 24.3 Å². The van der Waals surface area contributed by atoms with Gasteiger partial charge in [0.25, 0.3) is 0 Å². The molecule has 26 heavy (non-hydrogen) atoms. The molecule has 0 aliphatic carbocycles. The molecular formula is C19H21F2NO3S. The maximum atomic E-state index is 13.2. The third-order valence-electron chi connectivity index (χ3n) is 4.02. The van der Waals surface area contributed by atoms with Crippen molar-refractivity contribution in [1.82, 2.24) is 4.90 Å². The minimum absolute atomic E-state index is 0.117. The van der Waals surface area contributed by atoms with Gasteiger partial charge in [-0.2, -0.15) is 0 Å². The zero-order valence-corrected chi connectivity index (χ0v) is 15.5. The molecule has 140 valence electrons. The lowest BCUT2D eigenvalue weighted by Gasteiger charge is -2.19. The molecule has 0 aliphatic rings. The first-order valence-corrected chi connectivity index (χ1v) is 9.85. The van der Waals surface area contributed by atoms with E-state index < -0.39 is 26.7 Å². The fraction of sp³-hybridized carbons (Fsp3) is 0.316. The van der Waals surface area contributed by atoms with Crippen molar-refractivity contribution in [3.63, 3.8) is 0 Å². The number of nitrogens with zero attached hydrogens (tertiary/aromatic N) is 1. The molecule has 0 aliphatic heterocycles. The van der Waals surface area contributed by atoms with E-state index in [4.69, 9.17) is 0 Å². The van der Waals surface area contributed by atoms with Crippen LogP contribution in [0.3, 0.4) is 0 Å². The van der Waals surface area contributed by atoms with Gasteiger partial charge in [-0.05, 0) is 41.8 Å². The Hall–Kier alpha value is -2.28. The summed E-state index contributed by atoms with van der Waals surface area (Å²) in [5.41, 5.74) is 0.800. The fourth-order valence-corrected chi connectivity index (χ4v) is 4.57. The van der Waals surface area contributed by atoms with Crippen molar-refractivity contribution < 1.29 is 22.0 Å². The van der Waals surface area contributed by atoms with E-state index in [9.17, 15) is 22.0 Å². The first-order chi connectivity index (χ1) is 12.2. The van der Waals surface area contributed by atoms with E-state index in [2.05, 4.69) is 0 Å². The predicted molar refractivity (Wildman–Crippen MR) is 96.4 cm³/mol. The third-order valence-corrected chi connectivity index (χ3v) is 6.14. The molecule has 0 radical (unpaired) electrons. The van der Waals surface area contributed by atoms with E-state index in [0.717, 1.165) is 0 Å². The quantitative estimate of drug-likeness (QED) is 0.739. The second kappa shape index (κ2) is 8.40. The monoisotopic (exact) mass is 381 g/mol. The molecule has 2 aromatic carbocycles. The Bertz CT molecular complexity index is 802. The molecule has 0 bridgehead atoms. The minimum atomic E-state index is -3.69. The molecule has 0 N–H and O–H groups in total. The number of rotatable bonds is 7. The van der Waals surface area contributed by atoms with Gasteiger partial charge in [0.2, 0.25) is 5.91 Å². The van der Waals surface area contributed by atoms with Gasteiger partial charge in [0.15, 0.2) is 9.84 Å². The highest BCUT2D eigenvalue weighted by atomic mass is 32.2. The number of amides is 1. The normalized spacial score (nSPS) is 11.6. The predicted octanol–water partition coefficient (Wildman–Crippen LogP) is 3.34. The molecule has 2 aromatic rings. The molecule has 0 saturated heterocycles. The number of halogens is 2. The first kappa shape index (κ1) is 20.0. The van der Waals surface area contributed by atoms with E-state index in [0.29, 0.717) is 11.1 Å². The SMILES string of the molecule is CN(C)C(=O)CCCS(=O)(=O)C(c1ccc(F)cc1)c1ccc(F)cc1. The summed E-state index contributed by atoms with van der Waals surface area (Å²) in [5.74, 6) is -1.30. The van der Waals surface area contributed by atoms with E-state index in [1.54, 1.807) is 14.1 Å². The number of benzene rings is 2. The van der Waals surface area contributed by atoms with Gasteiger partial charge in [-0.15, -0.1) is 0 Å². The van der Waals surface area contributed by atoms with Crippen LogP contribution in [0.5, 0.6) is 0 Å². The molecule has 0 unspecified atom stereocenters. The van der Waals surface area contributed by atoms with Crippen molar-refractivity contribution in [2.75, 3.05) is 19.8 Å². The number of hydrogen-bond acceptors (Lipinski definition) is 3. The van der Waals surface area contributed by atoms with Gasteiger partial charge in [0.1, 0.15) is 16.9 Å². The number of hydrogen-bond donors (Lipinski definition) is 0. The first-order valence-electron chi connectivity index (χ1n) is 8.13. The van der Waals surface area contributed by atoms with Crippen LogP contribution in [-0.2, 0) is 14.6 Å². The van der Waals surface area contributed by atoms with Crippen molar-refractivity contribution in [3.8, 4) is 0 Å². The zero-order chi connectivity index (χ0) is 19.3. The van der Waals surface area contributed by atoms with Crippen LogP contribution in [-0.4, -0.2) is 39.1 Å². The second-order valence-corrected chi connectivity index (χ2v) is 8.45. The van der Waals surface area contributed by atoms with E-state index in [-0.39, 0.29) is 24.5 Å². The van der Waals surface area contributed by atoms with Crippen molar-refractivity contribution >= 4 is 15.7 Å². The highest BCUT2D eigenvalue weighted by Gasteiger charge is 2.29. The molecule has 0 spiro atoms. The lowest BCUT2D eigenvalue weighted by atomic mass is 10.0. The summed E-state index contributed by atoms with van der Waals surface area (Å²) in [6, 6.07) is 10.4. The Balaban J connectivity index is 2.31. The highest BCUT2D eigenvalue weighted by molar-refractivity contribution is 7.91. The van der Waals surface area contributed by atoms with Crippen LogP contribution >= 0.6 is 0 Å². The third kappa shape index (κ3) is 5.11. The van der Waals surface area contributed by atoms with E-state index in [1.807, 2.05) is 0 Å². The molecule has 0 heterocycles. The van der Waals surface area contributed by atoms with Gasteiger partial charge in [0.05, 0.1) is 5.75 Å². The van der Waals surface area contributed by atoms with Crippen LogP contribution in [0, 0.1) is 11.6 Å². The van der Waals surface area contributed by atoms with Crippen LogP contribution in [0.2, 0.25) is 0 Å². The zero-order valence-electron chi connectivity index (χ0n) is 14.7. The molecule has 0 fully saturated rings. The number of carbonyl (C=O) groups excluding carboxylic acids is 1. The Labute approximate surface area is 152 Å². The van der Waals surface area contributed by atoms with Crippen molar-refractivity contribution in [2.45, 2.75) is 18.1 Å². The Kier molecular flexibility index (Phi) is 6.47. The van der Waals surface area contributed by atoms with Crippen molar-refractivity contribution in [2.24, 2.45) is 0 Å². The van der Waals surface area contributed by atoms with Gasteiger partial charge >= 0.3 is 0 Å². The smallest absolute Gasteiger partial charge is 0.222 e. The average Bonchev–Trinajstić information content (AvgIpc) is 2.58. The van der Waals surface area contributed by atoms with Crippen LogP contribution in [0.15, 0.2) is 48.5 Å². The van der Waals surface area contributed by atoms with Crippen molar-refractivity contribution in [3.05, 3.63) is 71.3 Å². The summed E-state index contributed by atoms with van der Waals surface area (Å²) in [7, 11) is -0.476. The van der Waals surface area contributed by atoms with Crippen LogP contribution < -0.4 is 0 Å². The fourth-order valence-electron chi connectivity index (χ4n) is 2.65. The summed E-state index contributed by atoms with van der Waals surface area (Å²) in [6.07, 6.45) is 0.296. The molecular weight excluding hydrogens is 360 g/mol. The lowest BCUT2D eigenvalue weighted by Crippen LogP contribution is -2.23. The molecule has 1 amide bonds. The minimum Gasteiger partial charge on any atom is -0.349 e. The average molecular weight is 381 g/mol. The summed E-state index contributed by atoms with van der Waals surface area (Å²) in [6.45, 7) is 0. The number of carbonyl (C=O) groups is 1. The van der Waals surface area contributed by atoms with Gasteiger partial charge in [-0.3, -0.25) is 4.79 Å². The van der Waals surface area contributed by atoms with Crippen LogP contribution in [0.1, 0.15) is 29.2 Å². The topological polar surface area (TPSA) is 54.5 Å². The summed E-state index contributed by atoms with van der Waals surface area (Å²) >= 11 is 0. The maximum Gasteiger partial charge on any atom is 0.222 e. The van der Waals surface area contributed by atoms with Gasteiger partial charge < -0.3 is 4.90 Å². The molecule has 0 atom stereocenters. The summed E-state index contributed by atoms with van der Waals surface area (Å²) in [4.78, 5) is 13.1. The molecule has 0 saturated carbocycles. The largest absolute Gasteiger partial charge is 0.349 e.